The first kappa shape index (κ1) is 12.3. The molecule has 2 atom stereocenters. The second-order valence-corrected chi connectivity index (χ2v) is 5.33. The highest BCUT2D eigenvalue weighted by Gasteiger charge is 2.47. The third-order valence-corrected chi connectivity index (χ3v) is 3.99. The Kier molecular flexibility index (Phi) is 3.23. The molecule has 3 aliphatic rings. The smallest absolute Gasteiger partial charge is 0.345 e. The molecule has 0 aromatic carbocycles. The van der Waals surface area contributed by atoms with Gasteiger partial charge >= 0.3 is 6.61 Å². The van der Waals surface area contributed by atoms with E-state index in [4.69, 9.17) is 4.74 Å². The Morgan fingerprint density at radius 3 is 2.61 bits per heavy atom. The molecule has 2 saturated heterocycles. The van der Waals surface area contributed by atoms with Crippen LogP contribution in [0, 0.1) is 11.8 Å². The number of hydrogen-bond donors (Lipinski definition) is 0. The largest absolute Gasteiger partial charge is 0.377 e. The number of halogens is 2. The predicted octanol–water partition coefficient (Wildman–Crippen LogP) is 1.25. The summed E-state index contributed by atoms with van der Waals surface area (Å²) in [4.78, 5) is 13.8. The van der Waals surface area contributed by atoms with E-state index >= 15 is 0 Å². The van der Waals surface area contributed by atoms with Crippen LogP contribution in [0.5, 0.6) is 0 Å². The average molecular weight is 261 g/mol. The first-order valence-electron chi connectivity index (χ1n) is 6.49. The summed E-state index contributed by atoms with van der Waals surface area (Å²) in [6.45, 7) is -1.53. The first-order valence-corrected chi connectivity index (χ1v) is 6.49. The van der Waals surface area contributed by atoms with Gasteiger partial charge in [0.25, 0.3) is 0 Å². The molecule has 4 nitrogen and oxygen atoms in total. The predicted molar refractivity (Wildman–Crippen MR) is 58.0 cm³/mol. The van der Waals surface area contributed by atoms with E-state index in [0.717, 1.165) is 19.3 Å². The number of ether oxygens (including phenoxy) is 2. The van der Waals surface area contributed by atoms with Crippen molar-refractivity contribution in [1.29, 1.82) is 0 Å². The van der Waals surface area contributed by atoms with Crippen molar-refractivity contribution < 1.29 is 23.0 Å². The molecular formula is C12H17F2NO3. The Hall–Kier alpha value is -0.750. The summed E-state index contributed by atoms with van der Waals surface area (Å²) in [5.74, 6) is 0.527. The van der Waals surface area contributed by atoms with Crippen molar-refractivity contribution in [3.05, 3.63) is 0 Å². The Bertz CT molecular complexity index is 329. The topological polar surface area (TPSA) is 38.8 Å². The van der Waals surface area contributed by atoms with Gasteiger partial charge < -0.3 is 14.4 Å². The van der Waals surface area contributed by atoms with Gasteiger partial charge in [0.2, 0.25) is 5.91 Å². The fourth-order valence-electron chi connectivity index (χ4n) is 2.85. The number of hydrogen-bond acceptors (Lipinski definition) is 3. The maximum Gasteiger partial charge on any atom is 0.345 e. The minimum absolute atomic E-state index is 0.0542. The molecule has 2 aliphatic heterocycles. The number of nitrogens with zero attached hydrogens (tertiary/aromatic N) is 1. The van der Waals surface area contributed by atoms with Gasteiger partial charge in [0.15, 0.2) is 0 Å². The fourth-order valence-corrected chi connectivity index (χ4v) is 2.85. The number of carbonyl (C=O) groups excluding carboxylic acids is 1. The van der Waals surface area contributed by atoms with Crippen molar-refractivity contribution in [3.8, 4) is 0 Å². The lowest BCUT2D eigenvalue weighted by molar-refractivity contribution is -0.200. The molecule has 1 aliphatic carbocycles. The van der Waals surface area contributed by atoms with Crippen LogP contribution < -0.4 is 0 Å². The standard InChI is InChI=1S/C12H17F2NO3/c13-12(14)18-8-5-15(6-8)11(16)9-3-4-17-10(9)7-1-2-7/h7-10,12H,1-6H2/t9-,10+/m1/s1. The van der Waals surface area contributed by atoms with Crippen LogP contribution in [0.25, 0.3) is 0 Å². The van der Waals surface area contributed by atoms with E-state index in [1.54, 1.807) is 4.90 Å². The minimum Gasteiger partial charge on any atom is -0.377 e. The van der Waals surface area contributed by atoms with Gasteiger partial charge in [0, 0.05) is 19.7 Å². The zero-order chi connectivity index (χ0) is 12.7. The third-order valence-electron chi connectivity index (χ3n) is 3.99. The molecule has 102 valence electrons. The van der Waals surface area contributed by atoms with Crippen LogP contribution in [0.1, 0.15) is 19.3 Å². The number of likely N-dealkylation sites (tertiary alicyclic amines) is 1. The highest BCUT2D eigenvalue weighted by Crippen LogP contribution is 2.42. The maximum absolute atomic E-state index is 12.2. The summed E-state index contributed by atoms with van der Waals surface area (Å²) >= 11 is 0. The van der Waals surface area contributed by atoms with Crippen LogP contribution in [0.4, 0.5) is 8.78 Å². The number of amides is 1. The molecule has 0 unspecified atom stereocenters. The van der Waals surface area contributed by atoms with Gasteiger partial charge in [-0.3, -0.25) is 4.79 Å². The van der Waals surface area contributed by atoms with Crippen LogP contribution in [0.3, 0.4) is 0 Å². The van der Waals surface area contributed by atoms with E-state index in [-0.39, 0.29) is 31.0 Å². The molecule has 2 heterocycles. The summed E-state index contributed by atoms with van der Waals surface area (Å²) in [5.41, 5.74) is 0. The van der Waals surface area contributed by atoms with Crippen LogP contribution in [0.2, 0.25) is 0 Å². The normalized spacial score (nSPS) is 32.9. The van der Waals surface area contributed by atoms with E-state index in [9.17, 15) is 13.6 Å². The molecule has 0 spiro atoms. The van der Waals surface area contributed by atoms with Gasteiger partial charge in [0.05, 0.1) is 18.1 Å². The van der Waals surface area contributed by atoms with Gasteiger partial charge in [0.1, 0.15) is 0 Å². The van der Waals surface area contributed by atoms with Crippen LogP contribution in [-0.4, -0.2) is 49.3 Å². The number of alkyl halides is 2. The van der Waals surface area contributed by atoms with Crippen molar-refractivity contribution >= 4 is 5.91 Å². The summed E-state index contributed by atoms with van der Waals surface area (Å²) in [6, 6.07) is 0. The van der Waals surface area contributed by atoms with Gasteiger partial charge in [-0.1, -0.05) is 0 Å². The van der Waals surface area contributed by atoms with Crippen molar-refractivity contribution in [2.75, 3.05) is 19.7 Å². The highest BCUT2D eigenvalue weighted by atomic mass is 19.3. The van der Waals surface area contributed by atoms with E-state index in [2.05, 4.69) is 4.74 Å². The summed E-state index contributed by atoms with van der Waals surface area (Å²) in [7, 11) is 0. The number of carbonyl (C=O) groups is 1. The quantitative estimate of drug-likeness (QED) is 0.764. The Labute approximate surface area is 104 Å². The van der Waals surface area contributed by atoms with Gasteiger partial charge in [-0.25, -0.2) is 0 Å². The molecule has 1 saturated carbocycles. The Morgan fingerprint density at radius 1 is 1.28 bits per heavy atom. The molecule has 0 aromatic rings. The fraction of sp³-hybridized carbons (Fsp3) is 0.917. The molecule has 0 radical (unpaired) electrons. The maximum atomic E-state index is 12.2. The molecule has 0 bridgehead atoms. The lowest BCUT2D eigenvalue weighted by atomic mass is 9.94. The zero-order valence-corrected chi connectivity index (χ0v) is 10.1. The van der Waals surface area contributed by atoms with Gasteiger partial charge in [-0.15, -0.1) is 0 Å². The van der Waals surface area contributed by atoms with Crippen LogP contribution >= 0.6 is 0 Å². The molecule has 0 aromatic heterocycles. The first-order chi connectivity index (χ1) is 8.65. The van der Waals surface area contributed by atoms with Crippen molar-refractivity contribution in [2.45, 2.75) is 38.1 Å². The second kappa shape index (κ2) is 4.74. The van der Waals surface area contributed by atoms with Crippen molar-refractivity contribution in [1.82, 2.24) is 4.90 Å². The lowest BCUT2D eigenvalue weighted by Gasteiger charge is -2.40. The lowest BCUT2D eigenvalue weighted by Crippen LogP contribution is -2.57. The summed E-state index contributed by atoms with van der Waals surface area (Å²) < 4.78 is 33.9. The van der Waals surface area contributed by atoms with E-state index in [0.29, 0.717) is 12.5 Å². The van der Waals surface area contributed by atoms with E-state index in [1.807, 2.05) is 0 Å². The van der Waals surface area contributed by atoms with Crippen molar-refractivity contribution in [3.63, 3.8) is 0 Å². The zero-order valence-electron chi connectivity index (χ0n) is 10.1. The van der Waals surface area contributed by atoms with Crippen molar-refractivity contribution in [2.24, 2.45) is 11.8 Å². The summed E-state index contributed by atoms with van der Waals surface area (Å²) in [6.07, 6.45) is 2.61. The van der Waals surface area contributed by atoms with Gasteiger partial charge in [-0.2, -0.15) is 8.78 Å². The third kappa shape index (κ3) is 2.36. The van der Waals surface area contributed by atoms with Crippen LogP contribution in [-0.2, 0) is 14.3 Å². The van der Waals surface area contributed by atoms with Crippen LogP contribution in [0.15, 0.2) is 0 Å². The van der Waals surface area contributed by atoms with Gasteiger partial charge in [-0.05, 0) is 25.2 Å². The highest BCUT2D eigenvalue weighted by molar-refractivity contribution is 5.80. The monoisotopic (exact) mass is 261 g/mol. The van der Waals surface area contributed by atoms with E-state index in [1.165, 1.54) is 0 Å². The molecule has 18 heavy (non-hydrogen) atoms. The number of rotatable bonds is 4. The average Bonchev–Trinajstić information content (AvgIpc) is 3.00. The Balaban J connectivity index is 1.50. The molecule has 3 rings (SSSR count). The molecule has 3 fully saturated rings. The minimum atomic E-state index is -2.75. The molecule has 0 N–H and O–H groups in total. The SMILES string of the molecule is O=C([C@@H]1CCO[C@H]1C1CC1)N1CC(OC(F)F)C1. The van der Waals surface area contributed by atoms with E-state index < -0.39 is 12.7 Å². The molecular weight excluding hydrogens is 244 g/mol. The second-order valence-electron chi connectivity index (χ2n) is 5.33. The summed E-state index contributed by atoms with van der Waals surface area (Å²) in [5, 5.41) is 0. The molecule has 6 heteroatoms. The Morgan fingerprint density at radius 2 is 2.00 bits per heavy atom. The molecule has 1 amide bonds.